The molecule has 0 saturated carbocycles. The highest BCUT2D eigenvalue weighted by Gasteiger charge is 2.04. The molecule has 0 unspecified atom stereocenters. The van der Waals surface area contributed by atoms with Gasteiger partial charge in [0.15, 0.2) is 5.02 Å². The maximum absolute atomic E-state index is 10.6. The van der Waals surface area contributed by atoms with Crippen molar-refractivity contribution < 1.29 is 14.8 Å². The minimum Gasteiger partial charge on any atom is -0.384 e. The van der Waals surface area contributed by atoms with Crippen molar-refractivity contribution in [1.82, 2.24) is 0 Å². The minimum atomic E-state index is -0.490. The molecule has 0 aromatic heterocycles. The van der Waals surface area contributed by atoms with Crippen LogP contribution in [0.25, 0.3) is 0 Å². The van der Waals surface area contributed by atoms with Gasteiger partial charge in [-0.25, -0.2) is 5.21 Å². The van der Waals surface area contributed by atoms with E-state index >= 15 is 0 Å². The number of benzene rings is 1. The quantitative estimate of drug-likeness (QED) is 0.429. The summed E-state index contributed by atoms with van der Waals surface area (Å²) in [6, 6.07) is 5.77. The molecule has 1 aromatic rings. The molecule has 0 N–H and O–H groups in total. The zero-order chi connectivity index (χ0) is 11.3. The van der Waals surface area contributed by atoms with Crippen molar-refractivity contribution in [3.05, 3.63) is 45.2 Å². The van der Waals surface area contributed by atoms with Crippen LogP contribution in [0.15, 0.2) is 29.4 Å². The normalized spacial score (nSPS) is 11.1. The van der Waals surface area contributed by atoms with Crippen LogP contribution in [0.1, 0.15) is 5.56 Å². The van der Waals surface area contributed by atoms with Gasteiger partial charge < -0.3 is 4.84 Å². The predicted octanol–water partition coefficient (Wildman–Crippen LogP) is 1.62. The standard InChI is InChI=1S/C8H9N3O4/c1-15-11(14)9-6-7-2-4-8(5-3-7)10(12)13/h2-5H,6H2,1H3. The molecule has 80 valence electrons. The van der Waals surface area contributed by atoms with Gasteiger partial charge in [-0.3, -0.25) is 10.1 Å². The predicted molar refractivity (Wildman–Crippen MR) is 49.9 cm³/mol. The third-order valence-electron chi connectivity index (χ3n) is 1.67. The molecule has 15 heavy (non-hydrogen) atoms. The van der Waals surface area contributed by atoms with E-state index in [1.54, 1.807) is 0 Å². The molecule has 0 aliphatic heterocycles. The van der Waals surface area contributed by atoms with Gasteiger partial charge in [0, 0.05) is 24.4 Å². The Labute approximate surface area is 85.3 Å². The lowest BCUT2D eigenvalue weighted by molar-refractivity contribution is -0.784. The summed E-state index contributed by atoms with van der Waals surface area (Å²) >= 11 is 0. The van der Waals surface area contributed by atoms with Crippen LogP contribution in [0.5, 0.6) is 0 Å². The molecule has 0 saturated heterocycles. The topological polar surface area (TPSA) is 90.8 Å². The third-order valence-corrected chi connectivity index (χ3v) is 1.67. The van der Waals surface area contributed by atoms with E-state index in [9.17, 15) is 15.3 Å². The zero-order valence-corrected chi connectivity index (χ0v) is 7.99. The molecule has 7 nitrogen and oxygen atoms in total. The Hall–Kier alpha value is -2.18. The lowest BCUT2D eigenvalue weighted by Crippen LogP contribution is -1.97. The van der Waals surface area contributed by atoms with Crippen LogP contribution in [0, 0.1) is 15.3 Å². The van der Waals surface area contributed by atoms with Gasteiger partial charge >= 0.3 is 0 Å². The number of hydrogen-bond acceptors (Lipinski definition) is 5. The van der Waals surface area contributed by atoms with Crippen molar-refractivity contribution in [2.45, 2.75) is 6.54 Å². The summed E-state index contributed by atoms with van der Waals surface area (Å²) < 4.78 is 0. The van der Waals surface area contributed by atoms with Crippen LogP contribution in [0.4, 0.5) is 5.69 Å². The Morgan fingerprint density at radius 2 is 1.93 bits per heavy atom. The summed E-state index contributed by atoms with van der Waals surface area (Å²) in [5.41, 5.74) is 0.697. The lowest BCUT2D eigenvalue weighted by Gasteiger charge is -1.95. The van der Waals surface area contributed by atoms with Gasteiger partial charge in [0.05, 0.1) is 4.92 Å². The first kappa shape index (κ1) is 10.9. The van der Waals surface area contributed by atoms with Crippen LogP contribution in [-0.4, -0.2) is 17.1 Å². The average Bonchev–Trinajstić information content (AvgIpc) is 2.26. The Bertz CT molecular complexity index is 374. The van der Waals surface area contributed by atoms with Crippen molar-refractivity contribution in [3.8, 4) is 0 Å². The molecule has 1 rings (SSSR count). The van der Waals surface area contributed by atoms with Gasteiger partial charge in [-0.1, -0.05) is 12.1 Å². The lowest BCUT2D eigenvalue weighted by atomic mass is 10.2. The summed E-state index contributed by atoms with van der Waals surface area (Å²) in [6.07, 6.45) is 0. The van der Waals surface area contributed by atoms with Crippen molar-refractivity contribution in [2.75, 3.05) is 7.11 Å². The SMILES string of the molecule is CO[N+]([O-])=NCc1ccc([N+](=O)[O-])cc1. The number of rotatable bonds is 4. The molecular formula is C8H9N3O4. The number of non-ortho nitro benzene ring substituents is 1. The second-order valence-electron chi connectivity index (χ2n) is 2.64. The van der Waals surface area contributed by atoms with E-state index in [0.717, 1.165) is 0 Å². The maximum Gasteiger partial charge on any atom is 0.269 e. The first-order valence-electron chi connectivity index (χ1n) is 4.05. The Kier molecular flexibility index (Phi) is 3.55. The third kappa shape index (κ3) is 3.22. The van der Waals surface area contributed by atoms with E-state index in [1.807, 2.05) is 0 Å². The first-order chi connectivity index (χ1) is 7.13. The van der Waals surface area contributed by atoms with Gasteiger partial charge in [-0.05, 0) is 5.56 Å². The van der Waals surface area contributed by atoms with Crippen LogP contribution < -0.4 is 0 Å². The van der Waals surface area contributed by atoms with Crippen LogP contribution in [0.3, 0.4) is 0 Å². The second kappa shape index (κ2) is 4.89. The van der Waals surface area contributed by atoms with E-state index in [1.165, 1.54) is 31.4 Å². The molecule has 0 radical (unpaired) electrons. The van der Waals surface area contributed by atoms with Crippen molar-refractivity contribution in [1.29, 1.82) is 0 Å². The second-order valence-corrected chi connectivity index (χ2v) is 2.64. The summed E-state index contributed by atoms with van der Waals surface area (Å²) in [5, 5.41) is 24.5. The number of hydrogen-bond donors (Lipinski definition) is 0. The molecule has 0 bridgehead atoms. The molecule has 0 amide bonds. The molecule has 0 heterocycles. The highest BCUT2D eigenvalue weighted by Crippen LogP contribution is 2.12. The highest BCUT2D eigenvalue weighted by atomic mass is 16.9. The molecule has 1 aromatic carbocycles. The Morgan fingerprint density at radius 3 is 2.40 bits per heavy atom. The molecule has 0 atom stereocenters. The average molecular weight is 211 g/mol. The monoisotopic (exact) mass is 211 g/mol. The Morgan fingerprint density at radius 1 is 1.33 bits per heavy atom. The van der Waals surface area contributed by atoms with Crippen molar-refractivity contribution in [3.63, 3.8) is 0 Å². The Balaban J connectivity index is 2.69. The zero-order valence-electron chi connectivity index (χ0n) is 7.99. The first-order valence-corrected chi connectivity index (χ1v) is 4.05. The van der Waals surface area contributed by atoms with Gasteiger partial charge in [0.2, 0.25) is 0 Å². The van der Waals surface area contributed by atoms with E-state index < -0.39 is 4.92 Å². The fraction of sp³-hybridized carbons (Fsp3) is 0.250. The molecule has 0 aliphatic carbocycles. The maximum atomic E-state index is 10.6. The smallest absolute Gasteiger partial charge is 0.269 e. The van der Waals surface area contributed by atoms with E-state index in [2.05, 4.69) is 9.95 Å². The van der Waals surface area contributed by atoms with Gasteiger partial charge in [0.1, 0.15) is 6.54 Å². The summed E-state index contributed by atoms with van der Waals surface area (Å²) in [6.45, 7) is 0.120. The molecular weight excluding hydrogens is 202 g/mol. The van der Waals surface area contributed by atoms with Crippen molar-refractivity contribution >= 4 is 5.69 Å². The summed E-state index contributed by atoms with van der Waals surface area (Å²) in [5.74, 6) is 0. The summed E-state index contributed by atoms with van der Waals surface area (Å²) in [7, 11) is 1.20. The molecule has 0 fully saturated rings. The van der Waals surface area contributed by atoms with Crippen LogP contribution in [-0.2, 0) is 11.4 Å². The van der Waals surface area contributed by atoms with E-state index in [0.29, 0.717) is 5.56 Å². The minimum absolute atomic E-state index is 0.00414. The van der Waals surface area contributed by atoms with Gasteiger partial charge in [-0.15, -0.1) is 0 Å². The van der Waals surface area contributed by atoms with Gasteiger partial charge in [0.25, 0.3) is 5.69 Å². The van der Waals surface area contributed by atoms with Crippen LogP contribution >= 0.6 is 0 Å². The van der Waals surface area contributed by atoms with Crippen molar-refractivity contribution in [2.24, 2.45) is 5.11 Å². The highest BCUT2D eigenvalue weighted by molar-refractivity contribution is 5.32. The van der Waals surface area contributed by atoms with Crippen LogP contribution in [0.2, 0.25) is 0 Å². The molecule has 0 spiro atoms. The molecule has 7 heteroatoms. The fourth-order valence-corrected chi connectivity index (χ4v) is 0.920. The van der Waals surface area contributed by atoms with E-state index in [4.69, 9.17) is 0 Å². The van der Waals surface area contributed by atoms with E-state index in [-0.39, 0.29) is 17.3 Å². The summed E-state index contributed by atoms with van der Waals surface area (Å²) in [4.78, 5) is 14.1. The number of nitrogens with zero attached hydrogens (tertiary/aromatic N) is 3. The molecule has 0 aliphatic rings. The largest absolute Gasteiger partial charge is 0.384 e. The fourth-order valence-electron chi connectivity index (χ4n) is 0.920. The van der Waals surface area contributed by atoms with Gasteiger partial charge in [-0.2, -0.15) is 0 Å². The number of nitro groups is 1. The number of nitro benzene ring substituents is 1.